The Bertz CT molecular complexity index is 938. The van der Waals surface area contributed by atoms with Gasteiger partial charge in [-0.25, -0.2) is 0 Å². The number of thiocarbonyl (C=S) groups is 1. The molecule has 2 aromatic carbocycles. The zero-order valence-corrected chi connectivity index (χ0v) is 19.5. The zero-order valence-electron chi connectivity index (χ0n) is 18.7. The predicted molar refractivity (Wildman–Crippen MR) is 130 cm³/mol. The molecule has 2 aromatic rings. The van der Waals surface area contributed by atoms with Crippen LogP contribution in [0.1, 0.15) is 61.4 Å². The first-order valence-electron chi connectivity index (χ1n) is 11.9. The maximum absolute atomic E-state index is 12.7. The van der Waals surface area contributed by atoms with Crippen molar-refractivity contribution in [3.63, 3.8) is 0 Å². The minimum absolute atomic E-state index is 0.185. The van der Waals surface area contributed by atoms with E-state index in [2.05, 4.69) is 17.6 Å². The lowest BCUT2D eigenvalue weighted by Crippen LogP contribution is -2.57. The highest BCUT2D eigenvalue weighted by atomic mass is 32.1. The molecule has 4 fully saturated rings. The quantitative estimate of drug-likeness (QED) is 0.575. The van der Waals surface area contributed by atoms with E-state index in [-0.39, 0.29) is 11.9 Å². The molecule has 4 nitrogen and oxygen atoms in total. The van der Waals surface area contributed by atoms with Crippen LogP contribution in [0, 0.1) is 23.2 Å². The van der Waals surface area contributed by atoms with Gasteiger partial charge in [-0.2, -0.15) is 0 Å². The molecule has 4 aliphatic carbocycles. The fourth-order valence-corrected chi connectivity index (χ4v) is 6.98. The Kier molecular flexibility index (Phi) is 5.93. The largest absolute Gasteiger partial charge is 0.489 e. The Labute approximate surface area is 196 Å². The molecule has 4 bridgehead atoms. The van der Waals surface area contributed by atoms with Crippen molar-refractivity contribution in [3.05, 3.63) is 65.7 Å². The lowest BCUT2D eigenvalue weighted by molar-refractivity contribution is -0.0672. The van der Waals surface area contributed by atoms with E-state index in [1.165, 1.54) is 38.5 Å². The molecule has 2 N–H and O–H groups in total. The SMILES string of the molecule is CC(NC(=S)NC(=O)c1ccc(OCc2ccccc2)cc1)C12CC3CC(CC(C3)C1)C2. The monoisotopic (exact) mass is 448 g/mol. The highest BCUT2D eigenvalue weighted by Gasteiger charge is 2.53. The first kappa shape index (κ1) is 21.4. The van der Waals surface area contributed by atoms with Gasteiger partial charge in [0.25, 0.3) is 5.91 Å². The van der Waals surface area contributed by atoms with Crippen LogP contribution < -0.4 is 15.4 Å². The third-order valence-corrected chi connectivity index (χ3v) is 8.16. The minimum Gasteiger partial charge on any atom is -0.489 e. The Balaban J connectivity index is 1.13. The van der Waals surface area contributed by atoms with Crippen LogP contribution in [0.2, 0.25) is 0 Å². The van der Waals surface area contributed by atoms with Gasteiger partial charge in [0.1, 0.15) is 12.4 Å². The molecule has 4 aliphatic rings. The van der Waals surface area contributed by atoms with Gasteiger partial charge in [0, 0.05) is 11.6 Å². The van der Waals surface area contributed by atoms with Crippen LogP contribution in [0.5, 0.6) is 5.75 Å². The number of amides is 1. The molecular formula is C27H32N2O2S. The van der Waals surface area contributed by atoms with Crippen LogP contribution >= 0.6 is 12.2 Å². The van der Waals surface area contributed by atoms with E-state index in [9.17, 15) is 4.79 Å². The Morgan fingerprint density at radius 2 is 1.59 bits per heavy atom. The number of nitrogens with one attached hydrogen (secondary N) is 2. The second kappa shape index (κ2) is 8.86. The van der Waals surface area contributed by atoms with E-state index in [4.69, 9.17) is 17.0 Å². The number of ether oxygens (including phenoxy) is 1. The van der Waals surface area contributed by atoms with Gasteiger partial charge in [0.05, 0.1) is 0 Å². The molecule has 0 saturated heterocycles. The van der Waals surface area contributed by atoms with Crippen molar-refractivity contribution < 1.29 is 9.53 Å². The van der Waals surface area contributed by atoms with E-state index >= 15 is 0 Å². The summed E-state index contributed by atoms with van der Waals surface area (Å²) in [6.45, 7) is 2.76. The van der Waals surface area contributed by atoms with Crippen LogP contribution in [0.15, 0.2) is 54.6 Å². The summed E-state index contributed by atoms with van der Waals surface area (Å²) in [4.78, 5) is 12.7. The van der Waals surface area contributed by atoms with Crippen LogP contribution in [0.4, 0.5) is 0 Å². The Morgan fingerprint density at radius 3 is 2.19 bits per heavy atom. The maximum Gasteiger partial charge on any atom is 0.257 e. The lowest BCUT2D eigenvalue weighted by Gasteiger charge is -2.59. The number of hydrogen-bond acceptors (Lipinski definition) is 3. The van der Waals surface area contributed by atoms with Crippen LogP contribution in [-0.4, -0.2) is 17.1 Å². The number of rotatable bonds is 6. The predicted octanol–water partition coefficient (Wildman–Crippen LogP) is 5.47. The summed E-state index contributed by atoms with van der Waals surface area (Å²) in [6, 6.07) is 17.5. The molecule has 0 heterocycles. The third kappa shape index (κ3) is 4.54. The van der Waals surface area contributed by atoms with Crippen molar-refractivity contribution in [2.45, 2.75) is 58.1 Å². The molecule has 5 heteroatoms. The van der Waals surface area contributed by atoms with Gasteiger partial charge in [0.2, 0.25) is 0 Å². The van der Waals surface area contributed by atoms with E-state index in [1.54, 1.807) is 12.1 Å². The highest BCUT2D eigenvalue weighted by molar-refractivity contribution is 7.80. The fraction of sp³-hybridized carbons (Fsp3) is 0.481. The summed E-state index contributed by atoms with van der Waals surface area (Å²) >= 11 is 5.52. The standard InChI is InChI=1S/C27H32N2O2S/c1-18(27-14-20-11-21(15-27)13-22(12-20)16-27)28-26(32)29-25(30)23-7-9-24(10-8-23)31-17-19-5-3-2-4-6-19/h2-10,18,20-22H,11-17H2,1H3,(H2,28,29,30,32). The van der Waals surface area contributed by atoms with Crippen molar-refractivity contribution >= 4 is 23.2 Å². The van der Waals surface area contributed by atoms with Gasteiger partial charge in [0.15, 0.2) is 5.11 Å². The number of benzene rings is 2. The topological polar surface area (TPSA) is 50.4 Å². The average Bonchev–Trinajstić information content (AvgIpc) is 2.77. The van der Waals surface area contributed by atoms with Crippen LogP contribution in [0.25, 0.3) is 0 Å². The van der Waals surface area contributed by atoms with Crippen LogP contribution in [0.3, 0.4) is 0 Å². The smallest absolute Gasteiger partial charge is 0.257 e. The van der Waals surface area contributed by atoms with E-state index in [0.29, 0.717) is 22.7 Å². The molecule has 1 unspecified atom stereocenters. The van der Waals surface area contributed by atoms with Crippen molar-refractivity contribution in [1.82, 2.24) is 10.6 Å². The minimum atomic E-state index is -0.185. The molecule has 6 rings (SSSR count). The summed E-state index contributed by atoms with van der Waals surface area (Å²) in [5.41, 5.74) is 2.03. The second-order valence-corrected chi connectivity index (χ2v) is 10.6. The summed E-state index contributed by atoms with van der Waals surface area (Å²) in [5.74, 6) is 3.25. The summed E-state index contributed by atoms with van der Waals surface area (Å²) in [5, 5.41) is 6.77. The molecule has 168 valence electrons. The number of carbonyl (C=O) groups excluding carboxylic acids is 1. The molecule has 0 radical (unpaired) electrons. The molecule has 0 aromatic heterocycles. The number of carbonyl (C=O) groups is 1. The van der Waals surface area contributed by atoms with Crippen LogP contribution in [-0.2, 0) is 6.61 Å². The van der Waals surface area contributed by atoms with Crippen molar-refractivity contribution in [2.75, 3.05) is 0 Å². The van der Waals surface area contributed by atoms with Crippen molar-refractivity contribution in [3.8, 4) is 5.75 Å². The Morgan fingerprint density at radius 1 is 1.00 bits per heavy atom. The highest BCUT2D eigenvalue weighted by Crippen LogP contribution is 2.61. The first-order valence-corrected chi connectivity index (χ1v) is 12.3. The Hall–Kier alpha value is -2.40. The molecule has 32 heavy (non-hydrogen) atoms. The van der Waals surface area contributed by atoms with Gasteiger partial charge in [-0.05, 0) is 111 Å². The lowest BCUT2D eigenvalue weighted by atomic mass is 9.48. The van der Waals surface area contributed by atoms with Crippen molar-refractivity contribution in [2.24, 2.45) is 23.2 Å². The second-order valence-electron chi connectivity index (χ2n) is 10.2. The average molecular weight is 449 g/mol. The zero-order chi connectivity index (χ0) is 22.1. The van der Waals surface area contributed by atoms with Gasteiger partial charge in [-0.1, -0.05) is 30.3 Å². The third-order valence-electron chi connectivity index (χ3n) is 7.94. The molecular weight excluding hydrogens is 416 g/mol. The first-order chi connectivity index (χ1) is 15.5. The maximum atomic E-state index is 12.7. The fourth-order valence-electron chi connectivity index (χ4n) is 6.71. The summed E-state index contributed by atoms with van der Waals surface area (Å²) in [6.07, 6.45) is 8.23. The summed E-state index contributed by atoms with van der Waals surface area (Å²) in [7, 11) is 0. The number of hydrogen-bond donors (Lipinski definition) is 2. The van der Waals surface area contributed by atoms with E-state index < -0.39 is 0 Å². The molecule has 0 aliphatic heterocycles. The summed E-state index contributed by atoms with van der Waals surface area (Å²) < 4.78 is 5.81. The van der Waals surface area contributed by atoms with E-state index in [0.717, 1.165) is 29.1 Å². The van der Waals surface area contributed by atoms with Gasteiger partial charge in [-0.3, -0.25) is 10.1 Å². The van der Waals surface area contributed by atoms with Gasteiger partial charge < -0.3 is 10.1 Å². The van der Waals surface area contributed by atoms with E-state index in [1.807, 2.05) is 42.5 Å². The van der Waals surface area contributed by atoms with Gasteiger partial charge >= 0.3 is 0 Å². The molecule has 0 spiro atoms. The molecule has 1 atom stereocenters. The molecule has 1 amide bonds. The normalized spacial score (nSPS) is 28.7. The van der Waals surface area contributed by atoms with Gasteiger partial charge in [-0.15, -0.1) is 0 Å². The molecule has 4 saturated carbocycles. The van der Waals surface area contributed by atoms with Crippen molar-refractivity contribution in [1.29, 1.82) is 0 Å².